The Morgan fingerprint density at radius 1 is 1.25 bits per heavy atom. The minimum atomic E-state index is -3.75. The molecular weight excluding hydrogens is 382 g/mol. The zero-order valence-corrected chi connectivity index (χ0v) is 16.6. The van der Waals surface area contributed by atoms with Gasteiger partial charge in [-0.1, -0.05) is 0 Å². The van der Waals surface area contributed by atoms with Crippen molar-refractivity contribution in [3.05, 3.63) is 41.9 Å². The molecule has 0 unspecified atom stereocenters. The van der Waals surface area contributed by atoms with Crippen molar-refractivity contribution in [3.63, 3.8) is 0 Å². The van der Waals surface area contributed by atoms with Gasteiger partial charge in [0, 0.05) is 38.4 Å². The van der Waals surface area contributed by atoms with Crippen LogP contribution in [0, 0.1) is 12.8 Å². The van der Waals surface area contributed by atoms with E-state index in [1.165, 1.54) is 21.1 Å². The Kier molecular flexibility index (Phi) is 5.52. The monoisotopic (exact) mass is 405 g/mol. The number of rotatable bonds is 5. The summed E-state index contributed by atoms with van der Waals surface area (Å²) in [5.41, 5.74) is 6.37. The molecule has 9 nitrogen and oxygen atoms in total. The molecule has 0 saturated carbocycles. The van der Waals surface area contributed by atoms with Gasteiger partial charge in [0.05, 0.1) is 0 Å². The van der Waals surface area contributed by atoms with Gasteiger partial charge in [0.2, 0.25) is 15.9 Å². The zero-order chi connectivity index (χ0) is 20.5. The van der Waals surface area contributed by atoms with E-state index in [-0.39, 0.29) is 35.5 Å². The fraction of sp³-hybridized carbons (Fsp3) is 0.389. The third kappa shape index (κ3) is 4.07. The summed E-state index contributed by atoms with van der Waals surface area (Å²) >= 11 is 0. The van der Waals surface area contributed by atoms with E-state index in [9.17, 15) is 18.0 Å². The summed E-state index contributed by atoms with van der Waals surface area (Å²) in [5.74, 6) is -0.649. The average Bonchev–Trinajstić information content (AvgIpc) is 3.05. The van der Waals surface area contributed by atoms with E-state index < -0.39 is 15.9 Å². The zero-order valence-electron chi connectivity index (χ0n) is 15.8. The number of hydrogen-bond acceptors (Lipinski definition) is 5. The number of anilines is 1. The maximum Gasteiger partial charge on any atom is 0.265 e. The van der Waals surface area contributed by atoms with Gasteiger partial charge in [-0.05, 0) is 43.5 Å². The fourth-order valence-electron chi connectivity index (χ4n) is 3.26. The Labute approximate surface area is 163 Å². The third-order valence-electron chi connectivity index (χ3n) is 4.86. The minimum Gasteiger partial charge on any atom is -0.364 e. The van der Waals surface area contributed by atoms with Gasteiger partial charge >= 0.3 is 0 Å². The number of aromatic nitrogens is 2. The molecule has 3 N–H and O–H groups in total. The van der Waals surface area contributed by atoms with Crippen LogP contribution in [0.25, 0.3) is 0 Å². The van der Waals surface area contributed by atoms with Gasteiger partial charge < -0.3 is 15.6 Å². The summed E-state index contributed by atoms with van der Waals surface area (Å²) in [4.78, 5) is 28.0. The van der Waals surface area contributed by atoms with Crippen molar-refractivity contribution in [1.82, 2.24) is 13.9 Å². The Morgan fingerprint density at radius 3 is 2.50 bits per heavy atom. The summed E-state index contributed by atoms with van der Waals surface area (Å²) in [6.07, 6.45) is 3.82. The minimum absolute atomic E-state index is 0.0238. The molecule has 0 spiro atoms. The molecule has 0 atom stereocenters. The molecule has 1 aliphatic rings. The number of sulfonamides is 1. The first-order chi connectivity index (χ1) is 13.2. The standard InChI is InChI=1S/C18H23N5O4S/c1-12-3-6-20-16(9-12)21-18(25)13-4-7-23(8-5-13)28(26,27)14-10-15(17(19)24)22(2)11-14/h3,6,9-11,13H,4-5,7-8H2,1-2H3,(H2,19,24)(H,20,21,25). The number of aryl methyl sites for hydroxylation is 2. The van der Waals surface area contributed by atoms with Crippen LogP contribution in [0.15, 0.2) is 35.5 Å². The molecule has 0 aromatic carbocycles. The average molecular weight is 405 g/mol. The lowest BCUT2D eigenvalue weighted by Crippen LogP contribution is -2.41. The smallest absolute Gasteiger partial charge is 0.265 e. The quantitative estimate of drug-likeness (QED) is 0.763. The number of nitrogens with one attached hydrogen (secondary N) is 1. The Bertz CT molecular complexity index is 1010. The molecule has 28 heavy (non-hydrogen) atoms. The predicted molar refractivity (Wildman–Crippen MR) is 103 cm³/mol. The Hall–Kier alpha value is -2.72. The van der Waals surface area contributed by atoms with E-state index in [1.807, 2.05) is 13.0 Å². The van der Waals surface area contributed by atoms with Crippen LogP contribution in [-0.2, 0) is 21.9 Å². The molecule has 2 aromatic rings. The van der Waals surface area contributed by atoms with Crippen LogP contribution in [0.2, 0.25) is 0 Å². The summed E-state index contributed by atoms with van der Waals surface area (Å²) < 4.78 is 28.4. The van der Waals surface area contributed by atoms with Gasteiger partial charge in [-0.2, -0.15) is 4.31 Å². The molecule has 1 fully saturated rings. The van der Waals surface area contributed by atoms with Gasteiger partial charge in [0.1, 0.15) is 16.4 Å². The number of hydrogen-bond donors (Lipinski definition) is 2. The second kappa shape index (κ2) is 7.72. The number of carbonyl (C=O) groups excluding carboxylic acids is 2. The van der Waals surface area contributed by atoms with E-state index in [4.69, 9.17) is 5.73 Å². The Morgan fingerprint density at radius 2 is 1.93 bits per heavy atom. The highest BCUT2D eigenvalue weighted by Crippen LogP contribution is 2.25. The van der Waals surface area contributed by atoms with Crippen molar-refractivity contribution in [3.8, 4) is 0 Å². The van der Waals surface area contributed by atoms with Crippen molar-refractivity contribution in [2.45, 2.75) is 24.7 Å². The maximum atomic E-state index is 12.8. The highest BCUT2D eigenvalue weighted by molar-refractivity contribution is 7.89. The molecule has 1 saturated heterocycles. The van der Waals surface area contributed by atoms with E-state index in [0.717, 1.165) is 5.56 Å². The van der Waals surface area contributed by atoms with Crippen molar-refractivity contribution >= 4 is 27.7 Å². The third-order valence-corrected chi connectivity index (χ3v) is 6.73. The van der Waals surface area contributed by atoms with E-state index >= 15 is 0 Å². The van der Waals surface area contributed by atoms with Gasteiger partial charge in [-0.15, -0.1) is 0 Å². The molecule has 10 heteroatoms. The molecule has 2 amide bonds. The summed E-state index contributed by atoms with van der Waals surface area (Å²) in [5, 5.41) is 2.79. The van der Waals surface area contributed by atoms with Crippen LogP contribution < -0.4 is 11.1 Å². The normalized spacial score (nSPS) is 16.1. The molecule has 3 rings (SSSR count). The van der Waals surface area contributed by atoms with Crippen LogP contribution in [0.1, 0.15) is 28.9 Å². The van der Waals surface area contributed by atoms with E-state index in [1.54, 1.807) is 19.3 Å². The summed E-state index contributed by atoms with van der Waals surface area (Å²) in [6.45, 7) is 2.36. The first kappa shape index (κ1) is 20.0. The molecule has 2 aromatic heterocycles. The van der Waals surface area contributed by atoms with E-state index in [2.05, 4.69) is 10.3 Å². The number of pyridine rings is 1. The van der Waals surface area contributed by atoms with E-state index in [0.29, 0.717) is 18.7 Å². The van der Waals surface area contributed by atoms with Gasteiger partial charge in [0.25, 0.3) is 5.91 Å². The molecule has 0 bridgehead atoms. The van der Waals surface area contributed by atoms with Gasteiger partial charge in [0.15, 0.2) is 0 Å². The highest BCUT2D eigenvalue weighted by atomic mass is 32.2. The summed E-state index contributed by atoms with van der Waals surface area (Å²) in [6, 6.07) is 4.90. The first-order valence-corrected chi connectivity index (χ1v) is 10.3. The number of primary amides is 1. The number of amides is 2. The number of piperidine rings is 1. The van der Waals surface area contributed by atoms with Crippen molar-refractivity contribution in [2.24, 2.45) is 18.7 Å². The van der Waals surface area contributed by atoms with Crippen molar-refractivity contribution in [2.75, 3.05) is 18.4 Å². The fourth-order valence-corrected chi connectivity index (χ4v) is 4.80. The van der Waals surface area contributed by atoms with Crippen molar-refractivity contribution in [1.29, 1.82) is 0 Å². The highest BCUT2D eigenvalue weighted by Gasteiger charge is 2.33. The molecule has 1 aliphatic heterocycles. The molecule has 3 heterocycles. The topological polar surface area (TPSA) is 127 Å². The van der Waals surface area contributed by atoms with Crippen LogP contribution in [0.3, 0.4) is 0 Å². The lowest BCUT2D eigenvalue weighted by atomic mass is 9.97. The number of nitrogens with zero attached hydrogens (tertiary/aromatic N) is 3. The van der Waals surface area contributed by atoms with Crippen molar-refractivity contribution < 1.29 is 18.0 Å². The molecule has 0 radical (unpaired) electrons. The molecular formula is C18H23N5O4S. The Balaban J connectivity index is 1.65. The second-order valence-electron chi connectivity index (χ2n) is 6.92. The lowest BCUT2D eigenvalue weighted by molar-refractivity contribution is -0.120. The number of carbonyl (C=O) groups is 2. The SMILES string of the molecule is Cc1ccnc(NC(=O)C2CCN(S(=O)(=O)c3cc(C(N)=O)n(C)c3)CC2)c1. The van der Waals surface area contributed by atoms with Gasteiger partial charge in [-0.25, -0.2) is 13.4 Å². The largest absolute Gasteiger partial charge is 0.364 e. The maximum absolute atomic E-state index is 12.8. The second-order valence-corrected chi connectivity index (χ2v) is 8.86. The first-order valence-electron chi connectivity index (χ1n) is 8.88. The summed E-state index contributed by atoms with van der Waals surface area (Å²) in [7, 11) is -2.19. The van der Waals surface area contributed by atoms with Crippen LogP contribution >= 0.6 is 0 Å². The van der Waals surface area contributed by atoms with Crippen LogP contribution in [0.4, 0.5) is 5.82 Å². The van der Waals surface area contributed by atoms with Gasteiger partial charge in [-0.3, -0.25) is 9.59 Å². The lowest BCUT2D eigenvalue weighted by Gasteiger charge is -2.30. The van der Waals surface area contributed by atoms with Crippen LogP contribution in [0.5, 0.6) is 0 Å². The number of nitrogens with two attached hydrogens (primary N) is 1. The molecule has 0 aliphatic carbocycles. The molecule has 150 valence electrons. The van der Waals surface area contributed by atoms with Crippen LogP contribution in [-0.4, -0.2) is 47.2 Å². The predicted octanol–water partition coefficient (Wildman–Crippen LogP) is 0.867.